The highest BCUT2D eigenvalue weighted by atomic mass is 35.5. The highest BCUT2D eigenvalue weighted by Gasteiger charge is 2.37. The molecule has 2 aliphatic heterocycles. The van der Waals surface area contributed by atoms with E-state index in [2.05, 4.69) is 5.32 Å². The number of benzene rings is 1. The highest BCUT2D eigenvalue weighted by molar-refractivity contribution is 5.94. The fraction of sp³-hybridized carbons (Fsp3) is 0.611. The smallest absolute Gasteiger partial charge is 0.338 e. The third-order valence-electron chi connectivity index (χ3n) is 5.12. The SMILES string of the molecule is Cl.O=C(c1cc(C2CCNCC2)cc(C(F)(F)F)c1)N1CCC(F)(F)CC1. The van der Waals surface area contributed by atoms with Gasteiger partial charge in [0.05, 0.1) is 5.56 Å². The zero-order valence-electron chi connectivity index (χ0n) is 14.6. The largest absolute Gasteiger partial charge is 0.416 e. The quantitative estimate of drug-likeness (QED) is 0.727. The van der Waals surface area contributed by atoms with Crippen LogP contribution in [0.15, 0.2) is 18.2 Å². The molecule has 0 spiro atoms. The number of carbonyl (C=O) groups excluding carboxylic acids is 1. The molecule has 2 fully saturated rings. The Morgan fingerprint density at radius 1 is 1.07 bits per heavy atom. The van der Waals surface area contributed by atoms with Gasteiger partial charge in [0.2, 0.25) is 0 Å². The number of hydrogen-bond donors (Lipinski definition) is 1. The number of nitrogens with zero attached hydrogens (tertiary/aromatic N) is 1. The van der Waals surface area contributed by atoms with Gasteiger partial charge in [0, 0.05) is 31.5 Å². The third kappa shape index (κ3) is 5.31. The maximum Gasteiger partial charge on any atom is 0.416 e. The Hall–Kier alpha value is -1.41. The minimum atomic E-state index is -4.56. The first kappa shape index (κ1) is 21.9. The highest BCUT2D eigenvalue weighted by Crippen LogP contribution is 2.35. The maximum atomic E-state index is 13.3. The van der Waals surface area contributed by atoms with Gasteiger partial charge in [0.15, 0.2) is 0 Å². The van der Waals surface area contributed by atoms with Crippen molar-refractivity contribution in [2.75, 3.05) is 26.2 Å². The van der Waals surface area contributed by atoms with Crippen molar-refractivity contribution >= 4 is 18.3 Å². The summed E-state index contributed by atoms with van der Waals surface area (Å²) >= 11 is 0. The lowest BCUT2D eigenvalue weighted by molar-refractivity contribution is -0.137. The number of carbonyl (C=O) groups is 1. The Balaban J connectivity index is 0.00000261. The molecule has 0 unspecified atom stereocenters. The lowest BCUT2D eigenvalue weighted by Crippen LogP contribution is -2.42. The van der Waals surface area contributed by atoms with Crippen LogP contribution in [0.2, 0.25) is 0 Å². The molecule has 2 heterocycles. The van der Waals surface area contributed by atoms with Crippen molar-refractivity contribution < 1.29 is 26.7 Å². The second-order valence-corrected chi connectivity index (χ2v) is 7.01. The van der Waals surface area contributed by atoms with Gasteiger partial charge in [-0.1, -0.05) is 0 Å². The second-order valence-electron chi connectivity index (χ2n) is 7.01. The number of rotatable bonds is 2. The maximum absolute atomic E-state index is 13.3. The van der Waals surface area contributed by atoms with E-state index < -0.39 is 36.4 Å². The van der Waals surface area contributed by atoms with E-state index in [9.17, 15) is 26.7 Å². The first-order valence-electron chi connectivity index (χ1n) is 8.76. The molecule has 2 saturated heterocycles. The van der Waals surface area contributed by atoms with Gasteiger partial charge in [-0.3, -0.25) is 4.79 Å². The molecule has 1 aromatic carbocycles. The molecule has 0 bridgehead atoms. The molecule has 0 radical (unpaired) electrons. The first-order chi connectivity index (χ1) is 12.2. The van der Waals surface area contributed by atoms with Crippen LogP contribution in [0.1, 0.15) is 53.1 Å². The molecule has 0 saturated carbocycles. The molecule has 3 rings (SSSR count). The van der Waals surface area contributed by atoms with E-state index in [-0.39, 0.29) is 37.0 Å². The minimum Gasteiger partial charge on any atom is -0.338 e. The van der Waals surface area contributed by atoms with E-state index in [4.69, 9.17) is 0 Å². The van der Waals surface area contributed by atoms with Crippen LogP contribution in [0.4, 0.5) is 22.0 Å². The molecule has 0 aromatic heterocycles. The van der Waals surface area contributed by atoms with Crippen molar-refractivity contribution in [3.8, 4) is 0 Å². The van der Waals surface area contributed by atoms with Crippen LogP contribution in [0.3, 0.4) is 0 Å². The van der Waals surface area contributed by atoms with Crippen molar-refractivity contribution in [3.63, 3.8) is 0 Å². The topological polar surface area (TPSA) is 32.3 Å². The Labute approximate surface area is 160 Å². The average molecular weight is 413 g/mol. The molecule has 1 N–H and O–H groups in total. The average Bonchev–Trinajstić information content (AvgIpc) is 2.61. The molecule has 1 aromatic rings. The Kier molecular flexibility index (Phi) is 6.73. The van der Waals surface area contributed by atoms with Gasteiger partial charge in [0.25, 0.3) is 11.8 Å². The summed E-state index contributed by atoms with van der Waals surface area (Å²) in [6.07, 6.45) is -4.08. The van der Waals surface area contributed by atoms with Crippen molar-refractivity contribution in [2.45, 2.75) is 43.7 Å². The summed E-state index contributed by atoms with van der Waals surface area (Å²) in [7, 11) is 0. The molecule has 0 aliphatic carbocycles. The standard InChI is InChI=1S/C18H21F5N2O.ClH/c19-17(20)3-7-25(8-4-17)16(26)14-9-13(12-1-5-24-6-2-12)10-15(11-14)18(21,22)23;/h9-12,24H,1-8H2;1H. The van der Waals surface area contributed by atoms with Crippen molar-refractivity contribution in [1.29, 1.82) is 0 Å². The van der Waals surface area contributed by atoms with Crippen LogP contribution in [0, 0.1) is 0 Å². The Morgan fingerprint density at radius 2 is 1.67 bits per heavy atom. The van der Waals surface area contributed by atoms with Crippen LogP contribution in [-0.2, 0) is 6.18 Å². The second kappa shape index (κ2) is 8.31. The van der Waals surface area contributed by atoms with Gasteiger partial charge in [-0.05, 0) is 55.6 Å². The van der Waals surface area contributed by atoms with Gasteiger partial charge >= 0.3 is 6.18 Å². The summed E-state index contributed by atoms with van der Waals surface area (Å²) in [5.41, 5.74) is -0.440. The normalized spacial score (nSPS) is 20.9. The number of nitrogens with one attached hydrogen (secondary N) is 1. The lowest BCUT2D eigenvalue weighted by Gasteiger charge is -2.32. The summed E-state index contributed by atoms with van der Waals surface area (Å²) < 4.78 is 66.4. The van der Waals surface area contributed by atoms with Crippen LogP contribution in [-0.4, -0.2) is 42.9 Å². The van der Waals surface area contributed by atoms with Crippen LogP contribution >= 0.6 is 12.4 Å². The summed E-state index contributed by atoms with van der Waals surface area (Å²) in [6.45, 7) is 1.13. The van der Waals surface area contributed by atoms with Crippen molar-refractivity contribution in [1.82, 2.24) is 10.2 Å². The van der Waals surface area contributed by atoms with Crippen LogP contribution in [0.25, 0.3) is 0 Å². The summed E-state index contributed by atoms with van der Waals surface area (Å²) in [6, 6.07) is 3.44. The van der Waals surface area contributed by atoms with Crippen LogP contribution < -0.4 is 5.32 Å². The van der Waals surface area contributed by atoms with Crippen molar-refractivity contribution in [2.24, 2.45) is 0 Å². The molecular formula is C18H22ClF5N2O. The third-order valence-corrected chi connectivity index (χ3v) is 5.12. The first-order valence-corrected chi connectivity index (χ1v) is 8.76. The number of halogens is 6. The molecule has 27 heavy (non-hydrogen) atoms. The molecule has 1 amide bonds. The molecule has 152 valence electrons. The van der Waals surface area contributed by atoms with Gasteiger partial charge in [-0.15, -0.1) is 12.4 Å². The number of hydrogen-bond acceptors (Lipinski definition) is 2. The summed E-state index contributed by atoms with van der Waals surface area (Å²) in [4.78, 5) is 13.8. The summed E-state index contributed by atoms with van der Waals surface area (Å²) in [5.74, 6) is -3.47. The number of amides is 1. The number of piperidine rings is 2. The predicted octanol–water partition coefficient (Wildman–Crippen LogP) is 4.47. The van der Waals surface area contributed by atoms with Gasteiger partial charge in [-0.2, -0.15) is 13.2 Å². The minimum absolute atomic E-state index is 0. The van der Waals surface area contributed by atoms with E-state index in [0.29, 0.717) is 31.5 Å². The Morgan fingerprint density at radius 3 is 2.22 bits per heavy atom. The van der Waals surface area contributed by atoms with Gasteiger partial charge < -0.3 is 10.2 Å². The number of alkyl halides is 5. The van der Waals surface area contributed by atoms with E-state index in [1.807, 2.05) is 0 Å². The molecule has 0 atom stereocenters. The van der Waals surface area contributed by atoms with Crippen molar-refractivity contribution in [3.05, 3.63) is 34.9 Å². The Bertz CT molecular complexity index is 664. The molecule has 2 aliphatic rings. The predicted molar refractivity (Wildman–Crippen MR) is 93.6 cm³/mol. The zero-order chi connectivity index (χ0) is 18.9. The summed E-state index contributed by atoms with van der Waals surface area (Å²) in [5, 5.41) is 3.16. The molecule has 9 heteroatoms. The lowest BCUT2D eigenvalue weighted by atomic mass is 9.87. The fourth-order valence-corrected chi connectivity index (χ4v) is 3.55. The van der Waals surface area contributed by atoms with Crippen LogP contribution in [0.5, 0.6) is 0 Å². The van der Waals surface area contributed by atoms with E-state index in [1.165, 1.54) is 11.0 Å². The fourth-order valence-electron chi connectivity index (χ4n) is 3.55. The molecule has 3 nitrogen and oxygen atoms in total. The van der Waals surface area contributed by atoms with E-state index >= 15 is 0 Å². The van der Waals surface area contributed by atoms with Gasteiger partial charge in [-0.25, -0.2) is 8.78 Å². The zero-order valence-corrected chi connectivity index (χ0v) is 15.4. The van der Waals surface area contributed by atoms with Gasteiger partial charge in [0.1, 0.15) is 0 Å². The monoisotopic (exact) mass is 412 g/mol. The van der Waals surface area contributed by atoms with E-state index in [1.54, 1.807) is 0 Å². The molecular weight excluding hydrogens is 391 g/mol. The number of likely N-dealkylation sites (tertiary alicyclic amines) is 1. The van der Waals surface area contributed by atoms with E-state index in [0.717, 1.165) is 12.1 Å².